The quantitative estimate of drug-likeness (QED) is 0.458. The van der Waals surface area contributed by atoms with Gasteiger partial charge in [0.25, 0.3) is 0 Å². The van der Waals surface area contributed by atoms with Crippen LogP contribution in [0.1, 0.15) is 26.5 Å². The van der Waals surface area contributed by atoms with Crippen LogP contribution < -0.4 is 0 Å². The Morgan fingerprint density at radius 3 is 2.47 bits per heavy atom. The van der Waals surface area contributed by atoms with E-state index >= 15 is 0 Å². The first-order chi connectivity index (χ1) is 8.79. The van der Waals surface area contributed by atoms with Crippen LogP contribution in [0.25, 0.3) is 11.4 Å². The van der Waals surface area contributed by atoms with Gasteiger partial charge in [-0.05, 0) is 44.6 Å². The van der Waals surface area contributed by atoms with Crippen LogP contribution in [-0.4, -0.2) is 15.0 Å². The van der Waals surface area contributed by atoms with Crippen LogP contribution in [0.4, 0.5) is 0 Å². The zero-order valence-corrected chi connectivity index (χ0v) is 15.2. The van der Waals surface area contributed by atoms with Crippen molar-refractivity contribution in [1.29, 1.82) is 0 Å². The predicted molar refractivity (Wildman–Crippen MR) is 89.4 cm³/mol. The minimum absolute atomic E-state index is 0.0860. The van der Waals surface area contributed by atoms with Crippen LogP contribution in [-0.2, 0) is 5.41 Å². The van der Waals surface area contributed by atoms with E-state index in [0.717, 1.165) is 19.3 Å². The molecule has 3 nitrogen and oxygen atoms in total. The van der Waals surface area contributed by atoms with Gasteiger partial charge < -0.3 is 0 Å². The fraction of sp³-hybridized carbons (Fsp3) is 0.308. The number of nitrogens with zero attached hydrogens (tertiary/aromatic N) is 3. The average molecular weight is 453 g/mol. The molecule has 0 saturated heterocycles. The second-order valence-corrected chi connectivity index (χ2v) is 7.49. The molecule has 0 bridgehead atoms. The molecule has 0 aliphatic carbocycles. The molecule has 0 unspecified atom stereocenters. The van der Waals surface area contributed by atoms with Gasteiger partial charge in [0.1, 0.15) is 5.15 Å². The monoisotopic (exact) mass is 451 g/mol. The van der Waals surface area contributed by atoms with Crippen LogP contribution in [0, 0.1) is 3.57 Å². The summed E-state index contributed by atoms with van der Waals surface area (Å²) in [7, 11) is 0. The summed E-state index contributed by atoms with van der Waals surface area (Å²) in [5, 5.41) is 0.482. The molecule has 0 atom stereocenters. The lowest BCUT2D eigenvalue weighted by atomic mass is 9.92. The third kappa shape index (κ3) is 3.44. The van der Waals surface area contributed by atoms with E-state index in [1.807, 2.05) is 6.07 Å². The lowest BCUT2D eigenvalue weighted by Crippen LogP contribution is -2.17. The Balaban J connectivity index is 2.63. The van der Waals surface area contributed by atoms with Gasteiger partial charge in [-0.25, -0.2) is 9.97 Å². The number of halogens is 3. The molecule has 0 saturated carbocycles. The van der Waals surface area contributed by atoms with Crippen LogP contribution in [0.2, 0.25) is 5.15 Å². The van der Waals surface area contributed by atoms with E-state index in [-0.39, 0.29) is 5.41 Å². The second-order valence-electron chi connectivity index (χ2n) is 5.14. The first kappa shape index (κ1) is 15.1. The Morgan fingerprint density at radius 1 is 1.21 bits per heavy atom. The molecule has 0 aliphatic rings. The Bertz CT molecular complexity index is 626. The number of rotatable bonds is 1. The van der Waals surface area contributed by atoms with Gasteiger partial charge in [-0.3, -0.25) is 4.98 Å². The molecule has 0 radical (unpaired) electrons. The highest BCUT2D eigenvalue weighted by Crippen LogP contribution is 2.31. The molecule has 2 rings (SSSR count). The van der Waals surface area contributed by atoms with Gasteiger partial charge in [-0.1, -0.05) is 32.4 Å². The summed E-state index contributed by atoms with van der Waals surface area (Å²) in [4.78, 5) is 13.1. The molecule has 0 aromatic carbocycles. The molecule has 0 aliphatic heterocycles. The van der Waals surface area contributed by atoms with Crippen LogP contribution in [0.3, 0.4) is 0 Å². The number of hydrogen-bond donors (Lipinski definition) is 0. The summed E-state index contributed by atoms with van der Waals surface area (Å²) in [5.74, 6) is 0.601. The van der Waals surface area contributed by atoms with Crippen molar-refractivity contribution < 1.29 is 0 Å². The van der Waals surface area contributed by atoms with Gasteiger partial charge >= 0.3 is 0 Å². The van der Waals surface area contributed by atoms with E-state index in [1.54, 1.807) is 12.4 Å². The molecular formula is C13H12BrClIN3. The molecular weight excluding hydrogens is 440 g/mol. The van der Waals surface area contributed by atoms with Gasteiger partial charge in [0.05, 0.1) is 9.26 Å². The summed E-state index contributed by atoms with van der Waals surface area (Å²) >= 11 is 11.8. The summed E-state index contributed by atoms with van der Waals surface area (Å²) in [5.41, 5.74) is 1.71. The maximum atomic E-state index is 6.22. The Morgan fingerprint density at radius 2 is 1.89 bits per heavy atom. The minimum atomic E-state index is -0.0860. The zero-order valence-electron chi connectivity index (χ0n) is 10.7. The molecule has 6 heteroatoms. The summed E-state index contributed by atoms with van der Waals surface area (Å²) in [6.07, 6.45) is 3.46. The van der Waals surface area contributed by atoms with Gasteiger partial charge in [-0.2, -0.15) is 0 Å². The maximum absolute atomic E-state index is 6.22. The van der Waals surface area contributed by atoms with Crippen molar-refractivity contribution in [3.8, 4) is 11.4 Å². The van der Waals surface area contributed by atoms with Gasteiger partial charge in [-0.15, -0.1) is 0 Å². The minimum Gasteiger partial charge on any atom is -0.263 e. The standard InChI is InChI=1S/C13H12BrClIN3/c1-13(2,3)10-9(16)11(15)19-12(18-10)7-4-8(14)6-17-5-7/h4-6H,1-3H3. The molecule has 0 fully saturated rings. The van der Waals surface area contributed by atoms with Gasteiger partial charge in [0, 0.05) is 27.8 Å². The fourth-order valence-corrected chi connectivity index (χ4v) is 3.16. The van der Waals surface area contributed by atoms with E-state index < -0.39 is 0 Å². The highest BCUT2D eigenvalue weighted by atomic mass is 127. The Labute approximate surface area is 139 Å². The summed E-state index contributed by atoms with van der Waals surface area (Å²) < 4.78 is 1.79. The van der Waals surface area contributed by atoms with Crippen molar-refractivity contribution in [2.45, 2.75) is 26.2 Å². The number of aromatic nitrogens is 3. The molecule has 2 aromatic heterocycles. The molecule has 0 amide bonds. The molecule has 2 aromatic rings. The predicted octanol–water partition coefficient (Wildman–Crippen LogP) is 4.86. The van der Waals surface area contributed by atoms with E-state index in [4.69, 9.17) is 11.6 Å². The summed E-state index contributed by atoms with van der Waals surface area (Å²) in [6.45, 7) is 6.32. The topological polar surface area (TPSA) is 38.7 Å². The lowest BCUT2D eigenvalue weighted by Gasteiger charge is -2.20. The molecule has 2 heterocycles. The first-order valence-electron chi connectivity index (χ1n) is 5.63. The summed E-state index contributed by atoms with van der Waals surface area (Å²) in [6, 6.07) is 1.93. The molecule has 19 heavy (non-hydrogen) atoms. The zero-order chi connectivity index (χ0) is 14.2. The third-order valence-electron chi connectivity index (χ3n) is 2.48. The molecule has 100 valence electrons. The van der Waals surface area contributed by atoms with Crippen LogP contribution in [0.15, 0.2) is 22.9 Å². The molecule has 0 spiro atoms. The van der Waals surface area contributed by atoms with E-state index in [1.165, 1.54) is 0 Å². The second kappa shape index (κ2) is 5.61. The fourth-order valence-electron chi connectivity index (χ4n) is 1.58. The average Bonchev–Trinajstić information content (AvgIpc) is 2.31. The van der Waals surface area contributed by atoms with Crippen LogP contribution in [0.5, 0.6) is 0 Å². The number of hydrogen-bond acceptors (Lipinski definition) is 3. The Kier molecular flexibility index (Phi) is 4.47. The smallest absolute Gasteiger partial charge is 0.162 e. The highest BCUT2D eigenvalue weighted by Gasteiger charge is 2.23. The third-order valence-corrected chi connectivity index (χ3v) is 4.53. The van der Waals surface area contributed by atoms with E-state index in [2.05, 4.69) is 74.2 Å². The highest BCUT2D eigenvalue weighted by molar-refractivity contribution is 14.1. The van der Waals surface area contributed by atoms with Crippen molar-refractivity contribution in [1.82, 2.24) is 15.0 Å². The molecule has 0 N–H and O–H groups in total. The van der Waals surface area contributed by atoms with Gasteiger partial charge in [0.15, 0.2) is 5.82 Å². The van der Waals surface area contributed by atoms with E-state index in [9.17, 15) is 0 Å². The van der Waals surface area contributed by atoms with Crippen molar-refractivity contribution in [3.05, 3.63) is 37.3 Å². The first-order valence-corrected chi connectivity index (χ1v) is 7.88. The van der Waals surface area contributed by atoms with Gasteiger partial charge in [0.2, 0.25) is 0 Å². The lowest BCUT2D eigenvalue weighted by molar-refractivity contribution is 0.563. The maximum Gasteiger partial charge on any atom is 0.162 e. The van der Waals surface area contributed by atoms with Crippen molar-refractivity contribution in [2.24, 2.45) is 0 Å². The van der Waals surface area contributed by atoms with Crippen LogP contribution >= 0.6 is 50.1 Å². The SMILES string of the molecule is CC(C)(C)c1nc(-c2cncc(Br)c2)nc(Cl)c1I. The largest absolute Gasteiger partial charge is 0.263 e. The Hall–Kier alpha value is -0.270. The number of pyridine rings is 1. The van der Waals surface area contributed by atoms with Crippen molar-refractivity contribution in [2.75, 3.05) is 0 Å². The normalized spacial score (nSPS) is 11.7. The van der Waals surface area contributed by atoms with Crippen molar-refractivity contribution in [3.63, 3.8) is 0 Å². The van der Waals surface area contributed by atoms with E-state index in [0.29, 0.717) is 11.0 Å². The van der Waals surface area contributed by atoms with Crippen molar-refractivity contribution >= 4 is 50.1 Å².